The summed E-state index contributed by atoms with van der Waals surface area (Å²) in [6.07, 6.45) is -1.94. The molecule has 1 atom stereocenters. The smallest absolute Gasteiger partial charge is 0.460 e. The van der Waals surface area contributed by atoms with Crippen LogP contribution >= 0.6 is 0 Å². The molecule has 0 aliphatic rings. The van der Waals surface area contributed by atoms with E-state index in [0.29, 0.717) is 5.56 Å². The summed E-state index contributed by atoms with van der Waals surface area (Å²) in [6.45, 7) is 0.0622. The van der Waals surface area contributed by atoms with Crippen molar-refractivity contribution in [2.24, 2.45) is 5.73 Å². The van der Waals surface area contributed by atoms with Crippen LogP contribution in [0.2, 0.25) is 0 Å². The number of esters is 1. The molecule has 2 N–H and O–H groups in total. The molecule has 4 aromatic carbocycles. The third-order valence-corrected chi connectivity index (χ3v) is 5.78. The minimum atomic E-state index is -1.01. The van der Waals surface area contributed by atoms with Gasteiger partial charge in [0.1, 0.15) is 25.9 Å². The number of benzene rings is 4. The zero-order valence-corrected chi connectivity index (χ0v) is 22.1. The van der Waals surface area contributed by atoms with Gasteiger partial charge in [0, 0.05) is 0 Å². The number of nitrogens with two attached hydrogens (primary N) is 1. The fourth-order valence-corrected chi connectivity index (χ4v) is 3.69. The molecular formula is C32H29NO8. The van der Waals surface area contributed by atoms with Gasteiger partial charge < -0.3 is 29.4 Å². The van der Waals surface area contributed by atoms with Gasteiger partial charge in [0.25, 0.3) is 0 Å². The number of carbonyl (C=O) groups excluding carboxylic acids is 3. The molecule has 4 rings (SSSR count). The van der Waals surface area contributed by atoms with Crippen molar-refractivity contribution in [3.05, 3.63) is 131 Å². The Morgan fingerprint density at radius 3 is 1.46 bits per heavy atom. The van der Waals surface area contributed by atoms with Crippen LogP contribution in [0.3, 0.4) is 0 Å². The van der Waals surface area contributed by atoms with E-state index in [9.17, 15) is 14.4 Å². The first-order valence-corrected chi connectivity index (χ1v) is 12.8. The molecule has 0 saturated carbocycles. The lowest BCUT2D eigenvalue weighted by molar-refractivity contribution is -0.146. The van der Waals surface area contributed by atoms with Crippen LogP contribution in [0, 0.1) is 0 Å². The van der Waals surface area contributed by atoms with Crippen LogP contribution < -0.4 is 15.2 Å². The molecule has 0 fully saturated rings. The van der Waals surface area contributed by atoms with Crippen LogP contribution in [0.1, 0.15) is 22.3 Å². The summed E-state index contributed by atoms with van der Waals surface area (Å²) in [6, 6.07) is 30.8. The Labute approximate surface area is 237 Å². The van der Waals surface area contributed by atoms with Gasteiger partial charge in [-0.2, -0.15) is 0 Å². The summed E-state index contributed by atoms with van der Waals surface area (Å²) in [7, 11) is 0. The van der Waals surface area contributed by atoms with E-state index >= 15 is 0 Å². The molecule has 0 bridgehead atoms. The highest BCUT2D eigenvalue weighted by Gasteiger charge is 2.20. The van der Waals surface area contributed by atoms with Crippen molar-refractivity contribution in [1.82, 2.24) is 0 Å². The molecule has 41 heavy (non-hydrogen) atoms. The molecule has 0 radical (unpaired) electrons. The average molecular weight is 556 g/mol. The lowest BCUT2D eigenvalue weighted by Crippen LogP contribution is -2.34. The maximum atomic E-state index is 12.5. The standard InChI is InChI=1S/C32H29NO8/c33-27(30(34)37-20-23-10-4-1-5-11-23)18-26-16-17-28(40-31(35)38-21-24-12-6-2-7-13-24)29(19-26)41-32(36)39-22-25-14-8-3-9-15-25/h1-17,19,27H,18,20-22,33H2/t27-/m0/s1. The highest BCUT2D eigenvalue weighted by Crippen LogP contribution is 2.30. The molecule has 0 spiro atoms. The second-order valence-electron chi connectivity index (χ2n) is 8.94. The molecule has 0 heterocycles. The molecule has 0 unspecified atom stereocenters. The molecule has 210 valence electrons. The summed E-state index contributed by atoms with van der Waals surface area (Å²) in [5.74, 6) is -0.783. The van der Waals surface area contributed by atoms with Gasteiger partial charge in [0.15, 0.2) is 11.5 Å². The summed E-state index contributed by atoms with van der Waals surface area (Å²) >= 11 is 0. The number of carbonyl (C=O) groups is 3. The Hall–Kier alpha value is -5.15. The van der Waals surface area contributed by atoms with E-state index in [1.165, 1.54) is 12.1 Å². The molecule has 0 amide bonds. The fraction of sp³-hybridized carbons (Fsp3) is 0.156. The Balaban J connectivity index is 1.41. The second kappa shape index (κ2) is 14.9. The number of ether oxygens (including phenoxy) is 5. The summed E-state index contributed by atoms with van der Waals surface area (Å²) in [5.41, 5.74) is 8.98. The van der Waals surface area contributed by atoms with Gasteiger partial charge in [0.2, 0.25) is 0 Å². The molecule has 0 aliphatic heterocycles. The molecule has 0 aromatic heterocycles. The predicted octanol–water partition coefficient (Wildman–Crippen LogP) is 5.73. The van der Waals surface area contributed by atoms with Crippen molar-refractivity contribution in [3.63, 3.8) is 0 Å². The zero-order chi connectivity index (χ0) is 28.9. The van der Waals surface area contributed by atoms with Crippen molar-refractivity contribution >= 4 is 18.3 Å². The van der Waals surface area contributed by atoms with Gasteiger partial charge in [0.05, 0.1) is 0 Å². The third-order valence-electron chi connectivity index (χ3n) is 5.78. The number of hydrogen-bond acceptors (Lipinski definition) is 9. The molecule has 4 aromatic rings. The number of rotatable bonds is 11. The van der Waals surface area contributed by atoms with E-state index in [-0.39, 0.29) is 37.7 Å². The van der Waals surface area contributed by atoms with Crippen LogP contribution in [-0.2, 0) is 45.2 Å². The zero-order valence-electron chi connectivity index (χ0n) is 22.1. The van der Waals surface area contributed by atoms with Gasteiger partial charge in [-0.25, -0.2) is 9.59 Å². The minimum absolute atomic E-state index is 0.00693. The average Bonchev–Trinajstić information content (AvgIpc) is 3.00. The van der Waals surface area contributed by atoms with Crippen LogP contribution in [0.4, 0.5) is 9.59 Å². The summed E-state index contributed by atoms with van der Waals surface area (Å²) in [5, 5.41) is 0. The van der Waals surface area contributed by atoms with Crippen LogP contribution in [0.25, 0.3) is 0 Å². The molecule has 0 saturated heterocycles. The van der Waals surface area contributed by atoms with Crippen molar-refractivity contribution in [2.45, 2.75) is 32.3 Å². The Kier molecular flexibility index (Phi) is 10.5. The first-order chi connectivity index (χ1) is 20.0. The lowest BCUT2D eigenvalue weighted by atomic mass is 10.1. The minimum Gasteiger partial charge on any atom is -0.460 e. The van der Waals surface area contributed by atoms with Gasteiger partial charge in [-0.15, -0.1) is 0 Å². The molecule has 9 nitrogen and oxygen atoms in total. The van der Waals surface area contributed by atoms with E-state index < -0.39 is 24.3 Å². The fourth-order valence-electron chi connectivity index (χ4n) is 3.69. The van der Waals surface area contributed by atoms with Crippen molar-refractivity contribution < 1.29 is 38.1 Å². The van der Waals surface area contributed by atoms with Crippen molar-refractivity contribution in [2.75, 3.05) is 0 Å². The van der Waals surface area contributed by atoms with E-state index in [4.69, 9.17) is 29.4 Å². The predicted molar refractivity (Wildman–Crippen MR) is 149 cm³/mol. The van der Waals surface area contributed by atoms with E-state index in [2.05, 4.69) is 0 Å². The van der Waals surface area contributed by atoms with E-state index in [1.54, 1.807) is 30.3 Å². The first kappa shape index (κ1) is 28.8. The second-order valence-corrected chi connectivity index (χ2v) is 8.94. The van der Waals surface area contributed by atoms with Gasteiger partial charge in [-0.1, -0.05) is 97.1 Å². The monoisotopic (exact) mass is 555 g/mol. The SMILES string of the molecule is N[C@@H](Cc1ccc(OC(=O)OCc2ccccc2)c(OC(=O)OCc2ccccc2)c1)C(=O)OCc1ccccc1. The molecular weight excluding hydrogens is 526 g/mol. The topological polar surface area (TPSA) is 123 Å². The number of hydrogen-bond donors (Lipinski definition) is 1. The van der Waals surface area contributed by atoms with E-state index in [0.717, 1.165) is 16.7 Å². The Bertz CT molecular complexity index is 1430. The van der Waals surface area contributed by atoms with Crippen LogP contribution in [-0.4, -0.2) is 24.3 Å². The molecule has 0 aliphatic carbocycles. The van der Waals surface area contributed by atoms with Gasteiger partial charge in [-0.05, 0) is 40.8 Å². The molecule has 9 heteroatoms. The van der Waals surface area contributed by atoms with Crippen molar-refractivity contribution in [1.29, 1.82) is 0 Å². The quantitative estimate of drug-likeness (QED) is 0.140. The normalized spacial score (nSPS) is 11.1. The maximum absolute atomic E-state index is 12.5. The van der Waals surface area contributed by atoms with E-state index in [1.807, 2.05) is 66.7 Å². The Morgan fingerprint density at radius 2 is 0.976 bits per heavy atom. The van der Waals surface area contributed by atoms with Crippen molar-refractivity contribution in [3.8, 4) is 11.5 Å². The highest BCUT2D eigenvalue weighted by molar-refractivity contribution is 5.76. The first-order valence-electron chi connectivity index (χ1n) is 12.8. The maximum Gasteiger partial charge on any atom is 0.514 e. The Morgan fingerprint density at radius 1 is 0.537 bits per heavy atom. The lowest BCUT2D eigenvalue weighted by Gasteiger charge is -2.15. The van der Waals surface area contributed by atoms with Crippen LogP contribution in [0.15, 0.2) is 109 Å². The van der Waals surface area contributed by atoms with Gasteiger partial charge in [-0.3, -0.25) is 4.79 Å². The highest BCUT2D eigenvalue weighted by atomic mass is 16.7. The van der Waals surface area contributed by atoms with Gasteiger partial charge >= 0.3 is 18.3 Å². The largest absolute Gasteiger partial charge is 0.514 e. The van der Waals surface area contributed by atoms with Crippen LogP contribution in [0.5, 0.6) is 11.5 Å². The summed E-state index contributed by atoms with van der Waals surface area (Å²) < 4.78 is 26.4. The third kappa shape index (κ3) is 9.52. The summed E-state index contributed by atoms with van der Waals surface area (Å²) in [4.78, 5) is 37.3.